The van der Waals surface area contributed by atoms with E-state index in [0.717, 1.165) is 5.56 Å². The third kappa shape index (κ3) is 8.33. The first-order valence-electron chi connectivity index (χ1n) is 9.04. The molecule has 9 nitrogen and oxygen atoms in total. The summed E-state index contributed by atoms with van der Waals surface area (Å²) in [5.41, 5.74) is 2.54. The van der Waals surface area contributed by atoms with E-state index in [1.807, 2.05) is 12.1 Å². The molecule has 0 aliphatic carbocycles. The highest BCUT2D eigenvalue weighted by molar-refractivity contribution is 7.81. The Kier molecular flexibility index (Phi) is 8.79. The Morgan fingerprint density at radius 2 is 1.26 bits per heavy atom. The molecule has 0 heterocycles. The van der Waals surface area contributed by atoms with E-state index in [1.165, 1.54) is 12.1 Å². The molecule has 2 aromatic carbocycles. The van der Waals surface area contributed by atoms with Crippen LogP contribution in [0.25, 0.3) is 12.2 Å². The van der Waals surface area contributed by atoms with Crippen LogP contribution in [-0.4, -0.2) is 45.7 Å². The zero-order valence-electron chi connectivity index (χ0n) is 16.6. The number of methoxy groups -OCH3 is 1. The minimum absolute atomic E-state index is 0.0263. The van der Waals surface area contributed by atoms with E-state index in [0.29, 0.717) is 35.3 Å². The highest BCUT2D eigenvalue weighted by Crippen LogP contribution is 2.19. The van der Waals surface area contributed by atoms with Crippen molar-refractivity contribution in [2.45, 2.75) is 0 Å². The van der Waals surface area contributed by atoms with Gasteiger partial charge >= 0.3 is 10.4 Å². The smallest absolute Gasteiger partial charge is 0.446 e. The molecule has 2 aromatic rings. The van der Waals surface area contributed by atoms with Gasteiger partial charge in [-0.3, -0.25) is 4.55 Å². The molecule has 10 heteroatoms. The van der Waals surface area contributed by atoms with Gasteiger partial charge < -0.3 is 29.1 Å². The average molecular weight is 446 g/mol. The molecular formula is C21H22N2O7S. The van der Waals surface area contributed by atoms with E-state index in [2.05, 4.69) is 14.8 Å². The SMILES string of the molecule is COc1ccc(C=C(NCC=O)C(=Cc2ccc(OS(=O)(=O)O)cc2)NCC=O)cc1. The van der Waals surface area contributed by atoms with Crippen molar-refractivity contribution >= 4 is 35.1 Å². The fourth-order valence-corrected chi connectivity index (χ4v) is 2.88. The van der Waals surface area contributed by atoms with Crippen molar-refractivity contribution in [3.05, 3.63) is 71.1 Å². The summed E-state index contributed by atoms with van der Waals surface area (Å²) in [4.78, 5) is 21.8. The number of rotatable bonds is 12. The van der Waals surface area contributed by atoms with Crippen LogP contribution in [0.2, 0.25) is 0 Å². The second-order valence-electron chi connectivity index (χ2n) is 6.06. The summed E-state index contributed by atoms with van der Waals surface area (Å²) >= 11 is 0. The summed E-state index contributed by atoms with van der Waals surface area (Å²) < 4.78 is 39.9. The number of carbonyl (C=O) groups excluding carboxylic acids is 2. The molecule has 0 aliphatic heterocycles. The molecule has 0 saturated heterocycles. The van der Waals surface area contributed by atoms with Gasteiger partial charge in [0.15, 0.2) is 0 Å². The molecule has 0 fully saturated rings. The Bertz CT molecular complexity index is 1040. The van der Waals surface area contributed by atoms with Crippen molar-refractivity contribution in [3.63, 3.8) is 0 Å². The number of carbonyl (C=O) groups is 2. The predicted octanol–water partition coefficient (Wildman–Crippen LogP) is 1.84. The lowest BCUT2D eigenvalue weighted by Gasteiger charge is -2.15. The molecule has 0 atom stereocenters. The van der Waals surface area contributed by atoms with E-state index in [9.17, 15) is 18.0 Å². The second-order valence-corrected chi connectivity index (χ2v) is 7.09. The molecule has 2 rings (SSSR count). The average Bonchev–Trinajstić information content (AvgIpc) is 2.75. The monoisotopic (exact) mass is 446 g/mol. The summed E-state index contributed by atoms with van der Waals surface area (Å²) in [6, 6.07) is 13.1. The van der Waals surface area contributed by atoms with Crippen LogP contribution >= 0.6 is 0 Å². The first-order valence-corrected chi connectivity index (χ1v) is 10.4. The molecule has 0 aliphatic rings. The number of aldehydes is 2. The van der Waals surface area contributed by atoms with Gasteiger partial charge in [-0.2, -0.15) is 8.42 Å². The van der Waals surface area contributed by atoms with Crippen LogP contribution in [0.4, 0.5) is 0 Å². The maximum atomic E-state index is 10.9. The number of ether oxygens (including phenoxy) is 1. The largest absolute Gasteiger partial charge is 0.497 e. The molecule has 0 unspecified atom stereocenters. The summed E-state index contributed by atoms with van der Waals surface area (Å²) in [5.74, 6) is 0.636. The molecule has 0 aromatic heterocycles. The van der Waals surface area contributed by atoms with E-state index in [-0.39, 0.29) is 18.8 Å². The maximum Gasteiger partial charge on any atom is 0.446 e. The van der Waals surface area contributed by atoms with E-state index >= 15 is 0 Å². The molecule has 0 bridgehead atoms. The molecule has 31 heavy (non-hydrogen) atoms. The van der Waals surface area contributed by atoms with Gasteiger partial charge in [-0.1, -0.05) is 24.3 Å². The number of benzene rings is 2. The quantitative estimate of drug-likeness (QED) is 0.254. The van der Waals surface area contributed by atoms with Crippen molar-refractivity contribution in [1.82, 2.24) is 10.6 Å². The summed E-state index contributed by atoms with van der Waals surface area (Å²) in [6.07, 6.45) is 4.90. The first kappa shape index (κ1) is 23.6. The van der Waals surface area contributed by atoms with E-state index in [1.54, 1.807) is 43.5 Å². The third-order valence-corrected chi connectivity index (χ3v) is 4.26. The van der Waals surface area contributed by atoms with Crippen molar-refractivity contribution in [3.8, 4) is 11.5 Å². The van der Waals surface area contributed by atoms with Gasteiger partial charge in [-0.25, -0.2) is 0 Å². The second kappa shape index (κ2) is 11.5. The molecule has 164 valence electrons. The van der Waals surface area contributed by atoms with Crippen molar-refractivity contribution in [2.24, 2.45) is 0 Å². The topological polar surface area (TPSA) is 131 Å². The van der Waals surface area contributed by atoms with Crippen LogP contribution in [-0.2, 0) is 20.0 Å². The van der Waals surface area contributed by atoms with Crippen LogP contribution in [0, 0.1) is 0 Å². The van der Waals surface area contributed by atoms with E-state index < -0.39 is 10.4 Å². The van der Waals surface area contributed by atoms with Crippen LogP contribution in [0.3, 0.4) is 0 Å². The van der Waals surface area contributed by atoms with Crippen LogP contribution in [0.15, 0.2) is 59.9 Å². The lowest BCUT2D eigenvalue weighted by atomic mass is 10.1. The van der Waals surface area contributed by atoms with Gasteiger partial charge in [0, 0.05) is 0 Å². The van der Waals surface area contributed by atoms with Crippen LogP contribution in [0.1, 0.15) is 11.1 Å². The zero-order valence-corrected chi connectivity index (χ0v) is 17.5. The van der Waals surface area contributed by atoms with Crippen molar-refractivity contribution in [2.75, 3.05) is 20.2 Å². The minimum atomic E-state index is -4.62. The summed E-state index contributed by atoms with van der Waals surface area (Å²) in [6.45, 7) is 0.0712. The number of hydrogen-bond acceptors (Lipinski definition) is 8. The molecule has 0 spiro atoms. The normalized spacial score (nSPS) is 12.1. The van der Waals surface area contributed by atoms with Crippen LogP contribution in [0.5, 0.6) is 11.5 Å². The Labute approximate surface area is 180 Å². The molecule has 3 N–H and O–H groups in total. The third-order valence-electron chi connectivity index (χ3n) is 3.86. The highest BCUT2D eigenvalue weighted by Gasteiger charge is 2.08. The lowest BCUT2D eigenvalue weighted by Crippen LogP contribution is -2.25. The van der Waals surface area contributed by atoms with Crippen LogP contribution < -0.4 is 19.6 Å². The van der Waals surface area contributed by atoms with E-state index in [4.69, 9.17) is 9.29 Å². The summed E-state index contributed by atoms with van der Waals surface area (Å²) in [7, 11) is -3.05. The molecular weight excluding hydrogens is 424 g/mol. The number of nitrogens with one attached hydrogen (secondary N) is 2. The van der Waals surface area contributed by atoms with Gasteiger partial charge in [-0.15, -0.1) is 0 Å². The lowest BCUT2D eigenvalue weighted by molar-refractivity contribution is -0.107. The maximum absolute atomic E-state index is 10.9. The Hall–Kier alpha value is -3.63. The Morgan fingerprint density at radius 3 is 1.61 bits per heavy atom. The molecule has 0 radical (unpaired) electrons. The fraction of sp³-hybridized carbons (Fsp3) is 0.143. The zero-order chi connectivity index (χ0) is 22.7. The first-order chi connectivity index (χ1) is 14.8. The number of hydrogen-bond donors (Lipinski definition) is 3. The standard InChI is InChI=1S/C21H22N2O7S/c1-29-18-6-2-16(3-7-18)14-20(22-10-12-24)21(23-11-13-25)15-17-4-8-19(9-5-17)30-31(26,27)28/h2-9,12-15,22-23H,10-11H2,1H3,(H,26,27,28). The van der Waals surface area contributed by atoms with Crippen molar-refractivity contribution < 1.29 is 31.5 Å². The Balaban J connectivity index is 2.40. The predicted molar refractivity (Wildman–Crippen MR) is 116 cm³/mol. The van der Waals surface area contributed by atoms with Gasteiger partial charge in [0.05, 0.1) is 31.6 Å². The molecule has 0 saturated carbocycles. The van der Waals surface area contributed by atoms with Gasteiger partial charge in [-0.05, 0) is 47.5 Å². The highest BCUT2D eigenvalue weighted by atomic mass is 32.3. The summed E-state index contributed by atoms with van der Waals surface area (Å²) in [5, 5.41) is 5.97. The Morgan fingerprint density at radius 1 is 0.839 bits per heavy atom. The van der Waals surface area contributed by atoms with Gasteiger partial charge in [0.2, 0.25) is 0 Å². The van der Waals surface area contributed by atoms with Crippen molar-refractivity contribution in [1.29, 1.82) is 0 Å². The van der Waals surface area contributed by atoms with Gasteiger partial charge in [0.1, 0.15) is 24.1 Å². The minimum Gasteiger partial charge on any atom is -0.497 e. The fourth-order valence-electron chi connectivity index (χ4n) is 2.53. The molecule has 0 amide bonds. The van der Waals surface area contributed by atoms with Gasteiger partial charge in [0.25, 0.3) is 0 Å².